The lowest BCUT2D eigenvalue weighted by Gasteiger charge is -2.15. The fourth-order valence-electron chi connectivity index (χ4n) is 1.64. The number of hydrogen-bond donors (Lipinski definition) is 2. The largest absolute Gasteiger partial charge is 0.493 e. The van der Waals surface area contributed by atoms with Gasteiger partial charge in [-0.25, -0.2) is 0 Å². The van der Waals surface area contributed by atoms with E-state index in [2.05, 4.69) is 34.2 Å². The Labute approximate surface area is 111 Å². The summed E-state index contributed by atoms with van der Waals surface area (Å²) in [7, 11) is 0. The van der Waals surface area contributed by atoms with Crippen LogP contribution in [0.4, 0.5) is 0 Å². The molecular formula is C13H20BrNO2. The van der Waals surface area contributed by atoms with Gasteiger partial charge in [-0.15, -0.1) is 0 Å². The van der Waals surface area contributed by atoms with E-state index < -0.39 is 0 Å². The number of nitrogens with one attached hydrogen (secondary N) is 1. The van der Waals surface area contributed by atoms with Gasteiger partial charge >= 0.3 is 0 Å². The molecule has 0 bridgehead atoms. The van der Waals surface area contributed by atoms with Crippen LogP contribution in [0.3, 0.4) is 0 Å². The summed E-state index contributed by atoms with van der Waals surface area (Å²) >= 11 is 3.50. The summed E-state index contributed by atoms with van der Waals surface area (Å²) in [6.45, 7) is 6.56. The summed E-state index contributed by atoms with van der Waals surface area (Å²) in [4.78, 5) is 0. The first-order valence-electron chi connectivity index (χ1n) is 5.92. The summed E-state index contributed by atoms with van der Waals surface area (Å²) in [5.74, 6) is 0.933. The van der Waals surface area contributed by atoms with Crippen LogP contribution >= 0.6 is 15.9 Å². The van der Waals surface area contributed by atoms with Crippen molar-refractivity contribution in [1.82, 2.24) is 5.32 Å². The third-order valence-electron chi connectivity index (χ3n) is 2.43. The number of halogens is 1. The highest BCUT2D eigenvalue weighted by atomic mass is 79.9. The number of aliphatic hydroxyl groups excluding tert-OH is 1. The molecule has 1 aromatic carbocycles. The van der Waals surface area contributed by atoms with Crippen molar-refractivity contribution in [1.29, 1.82) is 0 Å². The second-order valence-electron chi connectivity index (χ2n) is 3.92. The summed E-state index contributed by atoms with van der Waals surface area (Å²) in [6.07, 6.45) is 0.663. The molecule has 0 unspecified atom stereocenters. The van der Waals surface area contributed by atoms with Crippen LogP contribution in [0.5, 0.6) is 5.75 Å². The van der Waals surface area contributed by atoms with Crippen molar-refractivity contribution in [2.45, 2.75) is 26.8 Å². The monoisotopic (exact) mass is 301 g/mol. The third-order valence-corrected chi connectivity index (χ3v) is 2.89. The lowest BCUT2D eigenvalue weighted by atomic mass is 10.1. The van der Waals surface area contributed by atoms with Gasteiger partial charge in [-0.2, -0.15) is 0 Å². The first kappa shape index (κ1) is 14.5. The Balaban J connectivity index is 2.82. The Morgan fingerprint density at radius 3 is 2.82 bits per heavy atom. The van der Waals surface area contributed by atoms with E-state index in [0.717, 1.165) is 34.4 Å². The van der Waals surface area contributed by atoms with E-state index in [4.69, 9.17) is 9.84 Å². The van der Waals surface area contributed by atoms with Gasteiger partial charge in [-0.1, -0.05) is 22.9 Å². The maximum Gasteiger partial charge on any atom is 0.126 e. The smallest absolute Gasteiger partial charge is 0.126 e. The molecule has 2 N–H and O–H groups in total. The fourth-order valence-corrected chi connectivity index (χ4v) is 2.26. The van der Waals surface area contributed by atoms with Crippen molar-refractivity contribution in [3.63, 3.8) is 0 Å². The molecule has 1 aromatic rings. The highest BCUT2D eigenvalue weighted by Gasteiger charge is 2.08. The average molecular weight is 302 g/mol. The zero-order chi connectivity index (χ0) is 12.7. The minimum Gasteiger partial charge on any atom is -0.493 e. The first-order chi connectivity index (χ1) is 8.19. The quantitative estimate of drug-likeness (QED) is 0.761. The number of hydrogen-bond acceptors (Lipinski definition) is 3. The molecule has 4 heteroatoms. The molecule has 0 spiro atoms. The summed E-state index contributed by atoms with van der Waals surface area (Å²) < 4.78 is 6.81. The Morgan fingerprint density at radius 1 is 1.41 bits per heavy atom. The Bertz CT molecular complexity index is 356. The zero-order valence-corrected chi connectivity index (χ0v) is 12.0. The molecule has 0 heterocycles. The maximum atomic E-state index is 8.77. The van der Waals surface area contributed by atoms with Crippen molar-refractivity contribution >= 4 is 15.9 Å². The average Bonchev–Trinajstić information content (AvgIpc) is 2.29. The van der Waals surface area contributed by atoms with Crippen LogP contribution < -0.4 is 10.1 Å². The molecule has 0 atom stereocenters. The van der Waals surface area contributed by atoms with Crippen LogP contribution in [0.1, 0.15) is 24.5 Å². The van der Waals surface area contributed by atoms with Crippen molar-refractivity contribution in [3.05, 3.63) is 27.7 Å². The van der Waals surface area contributed by atoms with Gasteiger partial charge in [0.2, 0.25) is 0 Å². The maximum absolute atomic E-state index is 8.77. The molecule has 0 aliphatic carbocycles. The lowest BCUT2D eigenvalue weighted by molar-refractivity contribution is 0.231. The van der Waals surface area contributed by atoms with Crippen LogP contribution in [0, 0.1) is 6.92 Å². The van der Waals surface area contributed by atoms with Gasteiger partial charge in [-0.05, 0) is 31.2 Å². The highest BCUT2D eigenvalue weighted by molar-refractivity contribution is 9.10. The number of aliphatic hydroxyl groups is 1. The number of ether oxygens (including phenoxy) is 1. The van der Waals surface area contributed by atoms with E-state index in [1.165, 1.54) is 0 Å². The summed E-state index contributed by atoms with van der Waals surface area (Å²) in [5, 5.41) is 12.1. The van der Waals surface area contributed by atoms with Crippen molar-refractivity contribution in [3.8, 4) is 5.75 Å². The van der Waals surface area contributed by atoms with Crippen LogP contribution in [-0.4, -0.2) is 24.9 Å². The molecule has 3 nitrogen and oxygen atoms in total. The molecule has 0 radical (unpaired) electrons. The SMILES string of the molecule is CCNCc1cc(Br)cc(C)c1OCCCO. The Hall–Kier alpha value is -0.580. The predicted molar refractivity (Wildman–Crippen MR) is 73.5 cm³/mol. The lowest BCUT2D eigenvalue weighted by Crippen LogP contribution is -2.14. The van der Waals surface area contributed by atoms with Crippen LogP contribution in [0.2, 0.25) is 0 Å². The molecule has 0 saturated carbocycles. The number of rotatable bonds is 7. The van der Waals surface area contributed by atoms with Gasteiger partial charge in [0.25, 0.3) is 0 Å². The van der Waals surface area contributed by atoms with Crippen LogP contribution in [0.25, 0.3) is 0 Å². The molecule has 0 amide bonds. The standard InChI is InChI=1S/C13H20BrNO2/c1-3-15-9-11-8-12(14)7-10(2)13(11)17-6-4-5-16/h7-8,15-16H,3-6,9H2,1-2H3. The molecule has 96 valence electrons. The minimum absolute atomic E-state index is 0.165. The molecule has 0 aliphatic heterocycles. The van der Waals surface area contributed by atoms with Gasteiger partial charge < -0.3 is 15.2 Å². The summed E-state index contributed by atoms with van der Waals surface area (Å²) in [5.41, 5.74) is 2.27. The van der Waals surface area contributed by atoms with E-state index in [9.17, 15) is 0 Å². The molecule has 0 aliphatic rings. The zero-order valence-electron chi connectivity index (χ0n) is 10.4. The molecule has 0 fully saturated rings. The van der Waals surface area contributed by atoms with E-state index in [0.29, 0.717) is 13.0 Å². The topological polar surface area (TPSA) is 41.5 Å². The van der Waals surface area contributed by atoms with Gasteiger partial charge in [0.05, 0.1) is 6.61 Å². The molecule has 1 rings (SSSR count). The van der Waals surface area contributed by atoms with Gasteiger partial charge in [0.15, 0.2) is 0 Å². The third kappa shape index (κ3) is 4.66. The van der Waals surface area contributed by atoms with E-state index in [1.807, 2.05) is 13.0 Å². The van der Waals surface area contributed by atoms with E-state index >= 15 is 0 Å². The second kappa shape index (κ2) is 7.69. The molecular weight excluding hydrogens is 282 g/mol. The second-order valence-corrected chi connectivity index (χ2v) is 4.83. The Morgan fingerprint density at radius 2 is 2.18 bits per heavy atom. The van der Waals surface area contributed by atoms with E-state index in [-0.39, 0.29) is 6.61 Å². The van der Waals surface area contributed by atoms with Gasteiger partial charge in [0.1, 0.15) is 5.75 Å². The Kier molecular flexibility index (Phi) is 6.55. The van der Waals surface area contributed by atoms with Crippen LogP contribution in [-0.2, 0) is 6.54 Å². The normalized spacial score (nSPS) is 10.6. The van der Waals surface area contributed by atoms with Crippen molar-refractivity contribution in [2.75, 3.05) is 19.8 Å². The number of aryl methyl sites for hydroxylation is 1. The molecule has 0 saturated heterocycles. The van der Waals surface area contributed by atoms with Crippen LogP contribution in [0.15, 0.2) is 16.6 Å². The predicted octanol–water partition coefficient (Wildman–Crippen LogP) is 2.63. The van der Waals surface area contributed by atoms with Gasteiger partial charge in [-0.3, -0.25) is 0 Å². The first-order valence-corrected chi connectivity index (χ1v) is 6.71. The highest BCUT2D eigenvalue weighted by Crippen LogP contribution is 2.28. The van der Waals surface area contributed by atoms with Crippen molar-refractivity contribution < 1.29 is 9.84 Å². The number of benzene rings is 1. The van der Waals surface area contributed by atoms with Crippen molar-refractivity contribution in [2.24, 2.45) is 0 Å². The fraction of sp³-hybridized carbons (Fsp3) is 0.538. The summed E-state index contributed by atoms with van der Waals surface area (Å²) in [6, 6.07) is 4.12. The molecule has 0 aromatic heterocycles. The van der Waals surface area contributed by atoms with E-state index in [1.54, 1.807) is 0 Å². The van der Waals surface area contributed by atoms with Gasteiger partial charge in [0, 0.05) is 29.6 Å². The minimum atomic E-state index is 0.165. The molecule has 17 heavy (non-hydrogen) atoms.